The molecule has 1 aliphatic heterocycles. The molecule has 0 radical (unpaired) electrons. The van der Waals surface area contributed by atoms with Crippen molar-refractivity contribution in [3.63, 3.8) is 0 Å². The van der Waals surface area contributed by atoms with E-state index >= 15 is 0 Å². The van der Waals surface area contributed by atoms with E-state index in [1.54, 1.807) is 0 Å². The SMILES string of the molecule is CC(C)=CCNC1CCS(=O)CC1. The number of hydrogen-bond acceptors (Lipinski definition) is 2. The summed E-state index contributed by atoms with van der Waals surface area (Å²) in [5, 5.41) is 3.46. The largest absolute Gasteiger partial charge is 0.310 e. The Hall–Kier alpha value is -0.150. The highest BCUT2D eigenvalue weighted by molar-refractivity contribution is 7.85. The summed E-state index contributed by atoms with van der Waals surface area (Å²) in [6.45, 7) is 5.18. The van der Waals surface area contributed by atoms with Crippen molar-refractivity contribution in [1.82, 2.24) is 5.32 Å². The van der Waals surface area contributed by atoms with E-state index in [0.717, 1.165) is 30.9 Å². The Kier molecular flexibility index (Phi) is 4.67. The van der Waals surface area contributed by atoms with Gasteiger partial charge in [0.1, 0.15) is 0 Å². The number of rotatable bonds is 3. The smallest absolute Gasteiger partial charge is 0.0249 e. The van der Waals surface area contributed by atoms with Crippen molar-refractivity contribution in [1.29, 1.82) is 0 Å². The van der Waals surface area contributed by atoms with E-state index < -0.39 is 10.8 Å². The third-order valence-electron chi connectivity index (χ3n) is 2.30. The molecule has 1 heterocycles. The van der Waals surface area contributed by atoms with E-state index in [1.165, 1.54) is 5.57 Å². The molecule has 0 saturated carbocycles. The maximum atomic E-state index is 11.1. The fourth-order valence-corrected chi connectivity index (χ4v) is 2.73. The average molecular weight is 201 g/mol. The minimum Gasteiger partial charge on any atom is -0.310 e. The van der Waals surface area contributed by atoms with Gasteiger partial charge in [-0.05, 0) is 26.7 Å². The summed E-state index contributed by atoms with van der Waals surface area (Å²) in [5.41, 5.74) is 1.35. The van der Waals surface area contributed by atoms with Gasteiger partial charge in [-0.2, -0.15) is 0 Å². The molecule has 0 bridgehead atoms. The second-order valence-electron chi connectivity index (χ2n) is 3.81. The highest BCUT2D eigenvalue weighted by atomic mass is 32.2. The lowest BCUT2D eigenvalue weighted by molar-refractivity contribution is 0.499. The summed E-state index contributed by atoms with van der Waals surface area (Å²) in [6.07, 6.45) is 4.35. The molecule has 3 heteroatoms. The van der Waals surface area contributed by atoms with E-state index in [2.05, 4.69) is 25.2 Å². The van der Waals surface area contributed by atoms with Crippen molar-refractivity contribution < 1.29 is 4.21 Å². The summed E-state index contributed by atoms with van der Waals surface area (Å²) in [4.78, 5) is 0. The lowest BCUT2D eigenvalue weighted by atomic mass is 10.1. The molecule has 1 N–H and O–H groups in total. The first kappa shape index (κ1) is 10.9. The van der Waals surface area contributed by atoms with Gasteiger partial charge in [0.15, 0.2) is 0 Å². The third-order valence-corrected chi connectivity index (χ3v) is 3.69. The lowest BCUT2D eigenvalue weighted by Gasteiger charge is -2.21. The summed E-state index contributed by atoms with van der Waals surface area (Å²) >= 11 is 0. The van der Waals surface area contributed by atoms with E-state index in [-0.39, 0.29) is 0 Å². The molecule has 1 saturated heterocycles. The standard InChI is InChI=1S/C10H19NOS/c1-9(2)3-6-11-10-4-7-13(12)8-5-10/h3,10-11H,4-8H2,1-2H3. The van der Waals surface area contributed by atoms with Gasteiger partial charge in [0.05, 0.1) is 0 Å². The van der Waals surface area contributed by atoms with Gasteiger partial charge in [-0.3, -0.25) is 4.21 Å². The lowest BCUT2D eigenvalue weighted by Crippen LogP contribution is -2.35. The van der Waals surface area contributed by atoms with Crippen molar-refractivity contribution in [2.75, 3.05) is 18.1 Å². The van der Waals surface area contributed by atoms with Crippen LogP contribution < -0.4 is 5.32 Å². The van der Waals surface area contributed by atoms with Crippen molar-refractivity contribution in [2.24, 2.45) is 0 Å². The van der Waals surface area contributed by atoms with Crippen LogP contribution in [0.3, 0.4) is 0 Å². The van der Waals surface area contributed by atoms with Gasteiger partial charge in [0, 0.05) is 34.9 Å². The van der Waals surface area contributed by atoms with Crippen molar-refractivity contribution in [3.05, 3.63) is 11.6 Å². The number of allylic oxidation sites excluding steroid dienone is 1. The molecule has 13 heavy (non-hydrogen) atoms. The van der Waals surface area contributed by atoms with E-state index in [4.69, 9.17) is 0 Å². The molecular formula is C10H19NOS. The zero-order chi connectivity index (χ0) is 9.68. The molecule has 0 aliphatic carbocycles. The molecule has 1 aliphatic rings. The van der Waals surface area contributed by atoms with E-state index in [9.17, 15) is 4.21 Å². The molecule has 1 fully saturated rings. The van der Waals surface area contributed by atoms with Crippen LogP contribution in [0.2, 0.25) is 0 Å². The Morgan fingerprint density at radius 3 is 2.62 bits per heavy atom. The van der Waals surface area contributed by atoms with Gasteiger partial charge in [-0.25, -0.2) is 0 Å². The van der Waals surface area contributed by atoms with Crippen LogP contribution in [0.4, 0.5) is 0 Å². The first-order valence-corrected chi connectivity index (χ1v) is 6.39. The molecule has 0 aromatic carbocycles. The predicted octanol–water partition coefficient (Wildman–Crippen LogP) is 1.45. The monoisotopic (exact) mass is 201 g/mol. The molecule has 76 valence electrons. The van der Waals surface area contributed by atoms with Gasteiger partial charge in [-0.1, -0.05) is 11.6 Å². The molecule has 0 aromatic rings. The van der Waals surface area contributed by atoms with Crippen LogP contribution >= 0.6 is 0 Å². The van der Waals surface area contributed by atoms with Gasteiger partial charge in [0.2, 0.25) is 0 Å². The maximum absolute atomic E-state index is 11.1. The second-order valence-corrected chi connectivity index (χ2v) is 5.51. The number of nitrogens with one attached hydrogen (secondary N) is 1. The van der Waals surface area contributed by atoms with Crippen LogP contribution in [0.25, 0.3) is 0 Å². The fourth-order valence-electron chi connectivity index (χ4n) is 1.43. The second kappa shape index (κ2) is 5.55. The molecule has 0 atom stereocenters. The van der Waals surface area contributed by atoms with Crippen LogP contribution in [0.15, 0.2) is 11.6 Å². The topological polar surface area (TPSA) is 29.1 Å². The van der Waals surface area contributed by atoms with Gasteiger partial charge in [0.25, 0.3) is 0 Å². The Labute approximate surface area is 83.3 Å². The van der Waals surface area contributed by atoms with Gasteiger partial charge < -0.3 is 5.32 Å². The van der Waals surface area contributed by atoms with Crippen molar-refractivity contribution in [3.8, 4) is 0 Å². The summed E-state index contributed by atoms with van der Waals surface area (Å²) in [6, 6.07) is 0.591. The third kappa shape index (κ3) is 4.58. The van der Waals surface area contributed by atoms with Crippen LogP contribution in [-0.4, -0.2) is 28.3 Å². The Morgan fingerprint density at radius 2 is 2.08 bits per heavy atom. The highest BCUT2D eigenvalue weighted by Gasteiger charge is 2.16. The first-order chi connectivity index (χ1) is 6.18. The highest BCUT2D eigenvalue weighted by Crippen LogP contribution is 2.08. The molecule has 0 unspecified atom stereocenters. The normalized spacial score (nSPS) is 28.5. The van der Waals surface area contributed by atoms with Gasteiger partial charge in [-0.15, -0.1) is 0 Å². The van der Waals surface area contributed by atoms with Crippen molar-refractivity contribution >= 4 is 10.8 Å². The molecule has 1 rings (SSSR count). The fraction of sp³-hybridized carbons (Fsp3) is 0.800. The van der Waals surface area contributed by atoms with Crippen LogP contribution in [0.1, 0.15) is 26.7 Å². The van der Waals surface area contributed by atoms with Crippen LogP contribution in [-0.2, 0) is 10.8 Å². The zero-order valence-electron chi connectivity index (χ0n) is 8.51. The van der Waals surface area contributed by atoms with Crippen molar-refractivity contribution in [2.45, 2.75) is 32.7 Å². The Balaban J connectivity index is 2.16. The minimum absolute atomic E-state index is 0.531. The molecule has 0 aromatic heterocycles. The van der Waals surface area contributed by atoms with Crippen LogP contribution in [0.5, 0.6) is 0 Å². The number of hydrogen-bond donors (Lipinski definition) is 1. The zero-order valence-corrected chi connectivity index (χ0v) is 9.32. The minimum atomic E-state index is -0.531. The van der Waals surface area contributed by atoms with E-state index in [0.29, 0.717) is 6.04 Å². The average Bonchev–Trinajstić information content (AvgIpc) is 2.08. The Bertz CT molecular complexity index is 199. The summed E-state index contributed by atoms with van der Waals surface area (Å²) in [7, 11) is -0.531. The summed E-state index contributed by atoms with van der Waals surface area (Å²) in [5.74, 6) is 1.76. The summed E-state index contributed by atoms with van der Waals surface area (Å²) < 4.78 is 11.1. The van der Waals surface area contributed by atoms with Crippen LogP contribution in [0, 0.1) is 0 Å². The first-order valence-electron chi connectivity index (χ1n) is 4.90. The quantitative estimate of drug-likeness (QED) is 0.700. The molecule has 0 spiro atoms. The molecule has 2 nitrogen and oxygen atoms in total. The Morgan fingerprint density at radius 1 is 1.46 bits per heavy atom. The maximum Gasteiger partial charge on any atom is 0.0249 e. The predicted molar refractivity (Wildman–Crippen MR) is 58.3 cm³/mol. The van der Waals surface area contributed by atoms with E-state index in [1.807, 2.05) is 0 Å². The molecule has 0 amide bonds. The molecular weight excluding hydrogens is 182 g/mol. The van der Waals surface area contributed by atoms with Gasteiger partial charge >= 0.3 is 0 Å².